The van der Waals surface area contributed by atoms with Gasteiger partial charge in [0.15, 0.2) is 0 Å². The number of aromatic nitrogens is 2. The number of thioether (sulfide) groups is 1. The van der Waals surface area contributed by atoms with Gasteiger partial charge in [0.25, 0.3) is 0 Å². The minimum absolute atomic E-state index is 0.0633. The van der Waals surface area contributed by atoms with Gasteiger partial charge in [0.05, 0.1) is 17.0 Å². The Balaban J connectivity index is 1.83. The number of nitrogens with zero attached hydrogens (tertiary/aromatic N) is 1. The predicted octanol–water partition coefficient (Wildman–Crippen LogP) is 3.43. The van der Waals surface area contributed by atoms with E-state index in [4.69, 9.17) is 23.2 Å². The SMILES string of the molecule is Cc1[nH]ncc1CNC(=O)CSc1cc(Cl)ccc1Cl. The largest absolute Gasteiger partial charge is 0.351 e. The van der Waals surface area contributed by atoms with Crippen molar-refractivity contribution in [2.45, 2.75) is 18.4 Å². The van der Waals surface area contributed by atoms with Crippen LogP contribution < -0.4 is 5.32 Å². The van der Waals surface area contributed by atoms with Gasteiger partial charge in [-0.15, -0.1) is 11.8 Å². The molecule has 0 spiro atoms. The van der Waals surface area contributed by atoms with E-state index in [0.717, 1.165) is 16.2 Å². The highest BCUT2D eigenvalue weighted by Gasteiger charge is 2.07. The quantitative estimate of drug-likeness (QED) is 0.826. The Morgan fingerprint density at radius 3 is 2.95 bits per heavy atom. The molecule has 0 aliphatic carbocycles. The van der Waals surface area contributed by atoms with Crippen LogP contribution in [-0.2, 0) is 11.3 Å². The van der Waals surface area contributed by atoms with Crippen LogP contribution in [0.5, 0.6) is 0 Å². The number of benzene rings is 1. The maximum absolute atomic E-state index is 11.8. The van der Waals surface area contributed by atoms with Gasteiger partial charge in [0.1, 0.15) is 0 Å². The van der Waals surface area contributed by atoms with Crippen molar-refractivity contribution in [1.82, 2.24) is 15.5 Å². The summed E-state index contributed by atoms with van der Waals surface area (Å²) in [6.07, 6.45) is 1.70. The van der Waals surface area contributed by atoms with Crippen LogP contribution in [-0.4, -0.2) is 21.9 Å². The second-order valence-corrected chi connectivity index (χ2v) is 6.02. The van der Waals surface area contributed by atoms with Gasteiger partial charge in [0, 0.05) is 27.7 Å². The Hall–Kier alpha value is -1.17. The van der Waals surface area contributed by atoms with Gasteiger partial charge >= 0.3 is 0 Å². The van der Waals surface area contributed by atoms with Crippen LogP contribution in [0.25, 0.3) is 0 Å². The summed E-state index contributed by atoms with van der Waals surface area (Å²) in [5.74, 6) is 0.225. The van der Waals surface area contributed by atoms with Crippen LogP contribution in [0.15, 0.2) is 29.3 Å². The average molecular weight is 330 g/mol. The van der Waals surface area contributed by atoms with E-state index in [2.05, 4.69) is 15.5 Å². The molecule has 0 unspecified atom stereocenters. The van der Waals surface area contributed by atoms with E-state index in [9.17, 15) is 4.79 Å². The number of carbonyl (C=O) groups excluding carboxylic acids is 1. The van der Waals surface area contributed by atoms with Crippen molar-refractivity contribution in [2.75, 3.05) is 5.75 Å². The highest BCUT2D eigenvalue weighted by molar-refractivity contribution is 8.00. The number of hydrogen-bond acceptors (Lipinski definition) is 3. The Labute approximate surface area is 131 Å². The van der Waals surface area contributed by atoms with Crippen molar-refractivity contribution in [3.8, 4) is 0 Å². The van der Waals surface area contributed by atoms with Gasteiger partial charge in [-0.2, -0.15) is 5.10 Å². The third-order valence-corrected chi connectivity index (χ3v) is 4.39. The number of amides is 1. The molecular formula is C13H13Cl2N3OS. The van der Waals surface area contributed by atoms with Crippen molar-refractivity contribution >= 4 is 40.9 Å². The number of hydrogen-bond donors (Lipinski definition) is 2. The fraction of sp³-hybridized carbons (Fsp3) is 0.231. The van der Waals surface area contributed by atoms with Crippen LogP contribution in [0.2, 0.25) is 10.0 Å². The highest BCUT2D eigenvalue weighted by atomic mass is 35.5. The molecule has 2 aromatic rings. The Morgan fingerprint density at radius 2 is 2.25 bits per heavy atom. The molecule has 1 aromatic heterocycles. The third-order valence-electron chi connectivity index (χ3n) is 2.66. The third kappa shape index (κ3) is 4.16. The summed E-state index contributed by atoms with van der Waals surface area (Å²) in [6.45, 7) is 2.37. The summed E-state index contributed by atoms with van der Waals surface area (Å²) < 4.78 is 0. The number of aromatic amines is 1. The molecule has 2 N–H and O–H groups in total. The molecule has 106 valence electrons. The predicted molar refractivity (Wildman–Crippen MR) is 82.4 cm³/mol. The standard InChI is InChI=1S/C13H13Cl2N3OS/c1-8-9(6-17-18-8)5-16-13(19)7-20-12-4-10(14)2-3-11(12)15/h2-4,6H,5,7H2,1H3,(H,16,19)(H,17,18). The molecule has 7 heteroatoms. The van der Waals surface area contributed by atoms with Gasteiger partial charge < -0.3 is 5.32 Å². The van der Waals surface area contributed by atoms with Gasteiger partial charge in [-0.3, -0.25) is 9.89 Å². The molecule has 0 fully saturated rings. The van der Waals surface area contributed by atoms with Crippen molar-refractivity contribution in [1.29, 1.82) is 0 Å². The van der Waals surface area contributed by atoms with E-state index in [-0.39, 0.29) is 11.7 Å². The molecule has 4 nitrogen and oxygen atoms in total. The molecule has 0 aliphatic heterocycles. The van der Waals surface area contributed by atoms with E-state index < -0.39 is 0 Å². The Kier molecular flexibility index (Phi) is 5.34. The van der Waals surface area contributed by atoms with Crippen molar-refractivity contribution in [3.63, 3.8) is 0 Å². The van der Waals surface area contributed by atoms with Crippen LogP contribution in [0.1, 0.15) is 11.3 Å². The first-order valence-corrected chi connectivity index (χ1v) is 7.64. The lowest BCUT2D eigenvalue weighted by Gasteiger charge is -2.06. The first-order valence-electron chi connectivity index (χ1n) is 5.89. The van der Waals surface area contributed by atoms with Crippen molar-refractivity contribution in [2.24, 2.45) is 0 Å². The van der Waals surface area contributed by atoms with Crippen LogP contribution in [0.3, 0.4) is 0 Å². The summed E-state index contributed by atoms with van der Waals surface area (Å²) in [7, 11) is 0. The topological polar surface area (TPSA) is 57.8 Å². The fourth-order valence-corrected chi connectivity index (χ4v) is 2.85. The fourth-order valence-electron chi connectivity index (χ4n) is 1.53. The van der Waals surface area contributed by atoms with Gasteiger partial charge in [-0.25, -0.2) is 0 Å². The number of rotatable bonds is 5. The van der Waals surface area contributed by atoms with Crippen LogP contribution >= 0.6 is 35.0 Å². The normalized spacial score (nSPS) is 10.6. The second kappa shape index (κ2) is 7.02. The van der Waals surface area contributed by atoms with E-state index >= 15 is 0 Å². The molecule has 0 bridgehead atoms. The molecule has 1 aromatic carbocycles. The monoisotopic (exact) mass is 329 g/mol. The maximum atomic E-state index is 11.8. The van der Waals surface area contributed by atoms with Crippen molar-refractivity contribution in [3.05, 3.63) is 45.7 Å². The van der Waals surface area contributed by atoms with Crippen LogP contribution in [0.4, 0.5) is 0 Å². The summed E-state index contributed by atoms with van der Waals surface area (Å²) in [5.41, 5.74) is 1.93. The Bertz CT molecular complexity index is 615. The lowest BCUT2D eigenvalue weighted by Crippen LogP contribution is -2.24. The number of nitrogens with one attached hydrogen (secondary N) is 2. The average Bonchev–Trinajstić information content (AvgIpc) is 2.83. The lowest BCUT2D eigenvalue weighted by molar-refractivity contribution is -0.118. The van der Waals surface area contributed by atoms with E-state index in [1.54, 1.807) is 24.4 Å². The van der Waals surface area contributed by atoms with Gasteiger partial charge in [-0.05, 0) is 25.1 Å². The van der Waals surface area contributed by atoms with Gasteiger partial charge in [-0.1, -0.05) is 23.2 Å². The molecule has 0 radical (unpaired) electrons. The zero-order valence-corrected chi connectivity index (χ0v) is 13.1. The second-order valence-electron chi connectivity index (χ2n) is 4.16. The summed E-state index contributed by atoms with van der Waals surface area (Å²) in [5, 5.41) is 10.8. The zero-order chi connectivity index (χ0) is 14.5. The number of H-pyrrole nitrogens is 1. The molecule has 0 atom stereocenters. The van der Waals surface area contributed by atoms with Crippen molar-refractivity contribution < 1.29 is 4.79 Å². The van der Waals surface area contributed by atoms with E-state index in [0.29, 0.717) is 16.6 Å². The number of halogens is 2. The molecule has 0 aliphatic rings. The molecule has 20 heavy (non-hydrogen) atoms. The lowest BCUT2D eigenvalue weighted by atomic mass is 10.3. The molecular weight excluding hydrogens is 317 g/mol. The Morgan fingerprint density at radius 1 is 1.45 bits per heavy atom. The van der Waals surface area contributed by atoms with Gasteiger partial charge in [0.2, 0.25) is 5.91 Å². The molecule has 1 amide bonds. The maximum Gasteiger partial charge on any atom is 0.230 e. The molecule has 0 saturated heterocycles. The summed E-state index contributed by atoms with van der Waals surface area (Å²) in [6, 6.07) is 5.19. The molecule has 2 rings (SSSR count). The highest BCUT2D eigenvalue weighted by Crippen LogP contribution is 2.29. The molecule has 1 heterocycles. The smallest absolute Gasteiger partial charge is 0.230 e. The van der Waals surface area contributed by atoms with E-state index in [1.165, 1.54) is 11.8 Å². The molecule has 0 saturated carbocycles. The number of carbonyl (C=O) groups is 1. The minimum Gasteiger partial charge on any atom is -0.351 e. The summed E-state index contributed by atoms with van der Waals surface area (Å²) >= 11 is 13.3. The minimum atomic E-state index is -0.0633. The summed E-state index contributed by atoms with van der Waals surface area (Å²) in [4.78, 5) is 12.6. The van der Waals surface area contributed by atoms with Crippen LogP contribution in [0, 0.1) is 6.92 Å². The van der Waals surface area contributed by atoms with E-state index in [1.807, 2.05) is 6.92 Å². The zero-order valence-electron chi connectivity index (χ0n) is 10.7. The number of aryl methyl sites for hydroxylation is 1. The first-order chi connectivity index (χ1) is 9.56. The first kappa shape index (κ1) is 15.2.